The number of rotatable bonds is 3. The first kappa shape index (κ1) is 20.0. The number of piperazine rings is 1. The number of amides is 1. The molecular weight excluding hydrogens is 429 g/mol. The van der Waals surface area contributed by atoms with Crippen molar-refractivity contribution < 1.29 is 22.3 Å². The van der Waals surface area contributed by atoms with E-state index >= 15 is 0 Å². The van der Waals surface area contributed by atoms with Gasteiger partial charge in [0.15, 0.2) is 0 Å². The molecule has 0 aliphatic carbocycles. The monoisotopic (exact) mass is 447 g/mol. The first-order chi connectivity index (χ1) is 13.4. The van der Waals surface area contributed by atoms with E-state index in [4.69, 9.17) is 16.3 Å². The average molecular weight is 448 g/mol. The topological polar surface area (TPSA) is 70.2 Å². The average Bonchev–Trinajstić information content (AvgIpc) is 3.04. The van der Waals surface area contributed by atoms with Gasteiger partial charge in [-0.25, -0.2) is 4.39 Å². The molecule has 3 heterocycles. The van der Waals surface area contributed by atoms with Gasteiger partial charge in [-0.1, -0.05) is 11.6 Å². The number of fused-ring (bicyclic) bond motifs is 1. The third-order valence-corrected chi connectivity index (χ3v) is 8.61. The highest BCUT2D eigenvalue weighted by Crippen LogP contribution is 2.36. The van der Waals surface area contributed by atoms with Gasteiger partial charge in [-0.3, -0.25) is 4.79 Å². The van der Waals surface area contributed by atoms with Gasteiger partial charge in [-0.05, 0) is 18.2 Å². The fourth-order valence-corrected chi connectivity index (χ4v) is 6.45. The lowest BCUT2D eigenvalue weighted by atomic mass is 10.2. The van der Waals surface area contributed by atoms with Gasteiger partial charge in [0.1, 0.15) is 10.7 Å². The van der Waals surface area contributed by atoms with Gasteiger partial charge in [0.25, 0.3) is 16.1 Å². The Balaban J connectivity index is 1.46. The summed E-state index contributed by atoms with van der Waals surface area (Å²) in [6.45, 7) is 2.48. The molecule has 0 radical (unpaired) electrons. The van der Waals surface area contributed by atoms with Crippen LogP contribution >= 0.6 is 22.9 Å². The highest BCUT2D eigenvalue weighted by molar-refractivity contribution is 7.86. The maximum atomic E-state index is 13.4. The fourth-order valence-electron chi connectivity index (χ4n) is 3.38. The largest absolute Gasteiger partial charge is 0.379 e. The quantitative estimate of drug-likeness (QED) is 0.722. The lowest BCUT2D eigenvalue weighted by Gasteiger charge is -2.37. The van der Waals surface area contributed by atoms with Crippen molar-refractivity contribution >= 4 is 49.1 Å². The van der Waals surface area contributed by atoms with Crippen LogP contribution in [0, 0.1) is 5.82 Å². The number of morpholine rings is 1. The van der Waals surface area contributed by atoms with Crippen LogP contribution in [0.3, 0.4) is 0 Å². The Morgan fingerprint density at radius 2 is 1.71 bits per heavy atom. The molecule has 0 atom stereocenters. The zero-order valence-corrected chi connectivity index (χ0v) is 17.3. The van der Waals surface area contributed by atoms with Crippen molar-refractivity contribution in [1.29, 1.82) is 0 Å². The lowest BCUT2D eigenvalue weighted by Crippen LogP contribution is -2.55. The van der Waals surface area contributed by atoms with E-state index < -0.39 is 10.2 Å². The van der Waals surface area contributed by atoms with E-state index in [2.05, 4.69) is 0 Å². The molecule has 0 N–H and O–H groups in total. The molecule has 0 saturated carbocycles. The molecule has 152 valence electrons. The summed E-state index contributed by atoms with van der Waals surface area (Å²) in [7, 11) is -3.55. The molecule has 0 spiro atoms. The van der Waals surface area contributed by atoms with E-state index in [1.54, 1.807) is 11.0 Å². The Kier molecular flexibility index (Phi) is 5.60. The summed E-state index contributed by atoms with van der Waals surface area (Å²) in [6.07, 6.45) is 0. The van der Waals surface area contributed by atoms with Gasteiger partial charge in [-0.2, -0.15) is 17.0 Å². The number of ether oxygens (including phenoxy) is 1. The van der Waals surface area contributed by atoms with Gasteiger partial charge in [-0.15, -0.1) is 11.3 Å². The van der Waals surface area contributed by atoms with Crippen LogP contribution in [-0.4, -0.2) is 80.3 Å². The number of hydrogen-bond donors (Lipinski definition) is 0. The SMILES string of the molecule is O=C(c1sc2cc(F)ccc2c1Cl)N1CCN(S(=O)(=O)N2CCOCC2)CC1. The second kappa shape index (κ2) is 7.85. The third kappa shape index (κ3) is 3.64. The number of benzene rings is 1. The normalized spacial score (nSPS) is 20.0. The second-order valence-corrected chi connectivity index (χ2v) is 9.95. The summed E-state index contributed by atoms with van der Waals surface area (Å²) in [5.41, 5.74) is 0. The van der Waals surface area contributed by atoms with Crippen LogP contribution in [0.25, 0.3) is 10.1 Å². The number of halogens is 2. The molecular formula is C17H19ClFN3O4S2. The van der Waals surface area contributed by atoms with E-state index in [-0.39, 0.29) is 37.9 Å². The van der Waals surface area contributed by atoms with Crippen molar-refractivity contribution in [3.8, 4) is 0 Å². The first-order valence-electron chi connectivity index (χ1n) is 8.88. The van der Waals surface area contributed by atoms with Crippen LogP contribution < -0.4 is 0 Å². The number of nitrogens with zero attached hydrogens (tertiary/aromatic N) is 3. The van der Waals surface area contributed by atoms with Crippen molar-refractivity contribution in [2.75, 3.05) is 52.5 Å². The first-order valence-corrected chi connectivity index (χ1v) is 11.5. The van der Waals surface area contributed by atoms with Gasteiger partial charge in [0.2, 0.25) is 0 Å². The third-order valence-electron chi connectivity index (χ3n) is 4.93. The molecule has 0 bridgehead atoms. The Labute approximate surface area is 171 Å². The van der Waals surface area contributed by atoms with Crippen molar-refractivity contribution in [2.45, 2.75) is 0 Å². The maximum Gasteiger partial charge on any atom is 0.282 e. The van der Waals surface area contributed by atoms with Gasteiger partial charge in [0, 0.05) is 49.4 Å². The Morgan fingerprint density at radius 3 is 2.39 bits per heavy atom. The standard InChI is InChI=1S/C17H19ClFN3O4S2/c18-15-13-2-1-12(19)11-14(13)27-16(15)17(23)20-3-5-21(6-4-20)28(24,25)22-7-9-26-10-8-22/h1-2,11H,3-10H2. The van der Waals surface area contributed by atoms with Crippen molar-refractivity contribution in [3.05, 3.63) is 33.9 Å². The molecule has 2 aliphatic heterocycles. The van der Waals surface area contributed by atoms with Crippen LogP contribution in [-0.2, 0) is 14.9 Å². The zero-order valence-electron chi connectivity index (χ0n) is 14.9. The molecule has 2 saturated heterocycles. The zero-order chi connectivity index (χ0) is 19.9. The number of thiophene rings is 1. The molecule has 28 heavy (non-hydrogen) atoms. The van der Waals surface area contributed by atoms with Crippen molar-refractivity contribution in [2.24, 2.45) is 0 Å². The minimum atomic E-state index is -3.55. The molecule has 1 amide bonds. The Bertz CT molecular complexity index is 999. The summed E-state index contributed by atoms with van der Waals surface area (Å²) >= 11 is 7.49. The predicted octanol–water partition coefficient (Wildman–Crippen LogP) is 2.03. The maximum absolute atomic E-state index is 13.4. The van der Waals surface area contributed by atoms with E-state index in [1.165, 1.54) is 20.7 Å². The number of carbonyl (C=O) groups is 1. The number of carbonyl (C=O) groups excluding carboxylic acids is 1. The molecule has 2 aromatic rings. The van der Waals surface area contributed by atoms with Crippen LogP contribution in [0.15, 0.2) is 18.2 Å². The smallest absolute Gasteiger partial charge is 0.282 e. The molecule has 2 aliphatic rings. The van der Waals surface area contributed by atoms with Gasteiger partial charge in [0.05, 0.1) is 18.2 Å². The summed E-state index contributed by atoms with van der Waals surface area (Å²) < 4.78 is 47.5. The number of hydrogen-bond acceptors (Lipinski definition) is 5. The van der Waals surface area contributed by atoms with Crippen molar-refractivity contribution in [1.82, 2.24) is 13.5 Å². The van der Waals surface area contributed by atoms with Crippen molar-refractivity contribution in [3.63, 3.8) is 0 Å². The minimum Gasteiger partial charge on any atom is -0.379 e. The predicted molar refractivity (Wildman–Crippen MR) is 106 cm³/mol. The molecule has 11 heteroatoms. The molecule has 1 aromatic heterocycles. The highest BCUT2D eigenvalue weighted by atomic mass is 35.5. The van der Waals surface area contributed by atoms with E-state index in [9.17, 15) is 17.6 Å². The Hall–Kier alpha value is -1.30. The molecule has 2 fully saturated rings. The summed E-state index contributed by atoms with van der Waals surface area (Å²) in [4.78, 5) is 14.8. The minimum absolute atomic E-state index is 0.225. The molecule has 7 nitrogen and oxygen atoms in total. The molecule has 1 aromatic carbocycles. The molecule has 4 rings (SSSR count). The summed E-state index contributed by atoms with van der Waals surface area (Å²) in [5.74, 6) is -0.638. The molecule has 0 unspecified atom stereocenters. The van der Waals surface area contributed by atoms with E-state index in [0.717, 1.165) is 11.3 Å². The fraction of sp³-hybridized carbons (Fsp3) is 0.471. The van der Waals surface area contributed by atoms with Crippen LogP contribution in [0.5, 0.6) is 0 Å². The van der Waals surface area contributed by atoms with Crippen LogP contribution in [0.2, 0.25) is 5.02 Å². The lowest BCUT2D eigenvalue weighted by molar-refractivity contribution is 0.0639. The van der Waals surface area contributed by atoms with E-state index in [1.807, 2.05) is 0 Å². The van der Waals surface area contributed by atoms with E-state index in [0.29, 0.717) is 46.3 Å². The van der Waals surface area contributed by atoms with Gasteiger partial charge >= 0.3 is 0 Å². The Morgan fingerprint density at radius 1 is 1.07 bits per heavy atom. The van der Waals surface area contributed by atoms with Crippen LogP contribution in [0.1, 0.15) is 9.67 Å². The highest BCUT2D eigenvalue weighted by Gasteiger charge is 2.35. The van der Waals surface area contributed by atoms with Gasteiger partial charge < -0.3 is 9.64 Å². The van der Waals surface area contributed by atoms with Crippen LogP contribution in [0.4, 0.5) is 4.39 Å². The second-order valence-electron chi connectivity index (χ2n) is 6.60. The summed E-state index contributed by atoms with van der Waals surface area (Å²) in [6, 6.07) is 4.23. The summed E-state index contributed by atoms with van der Waals surface area (Å²) in [5, 5.41) is 0.957.